The van der Waals surface area contributed by atoms with E-state index >= 15 is 0 Å². The van der Waals surface area contributed by atoms with E-state index in [-0.39, 0.29) is 18.0 Å². The Bertz CT molecular complexity index is 1290. The summed E-state index contributed by atoms with van der Waals surface area (Å²) in [4.78, 5) is 25.7. The number of aryl methyl sites for hydroxylation is 2. The van der Waals surface area contributed by atoms with Gasteiger partial charge in [-0.05, 0) is 43.2 Å². The van der Waals surface area contributed by atoms with Crippen LogP contribution in [0.1, 0.15) is 18.9 Å². The molecule has 6 nitrogen and oxygen atoms in total. The maximum absolute atomic E-state index is 13.2. The number of hydrogen-bond donors (Lipinski definition) is 1. The van der Waals surface area contributed by atoms with Crippen molar-refractivity contribution in [3.05, 3.63) is 69.1 Å². The molecule has 0 unspecified atom stereocenters. The lowest BCUT2D eigenvalue weighted by Crippen LogP contribution is -2.30. The van der Waals surface area contributed by atoms with E-state index in [1.54, 1.807) is 6.20 Å². The van der Waals surface area contributed by atoms with Gasteiger partial charge >= 0.3 is 0 Å². The van der Waals surface area contributed by atoms with Gasteiger partial charge in [0.05, 0.1) is 6.20 Å². The molecular formula is C22H21BrN4O2. The first-order chi connectivity index (χ1) is 14.0. The lowest BCUT2D eigenvalue weighted by atomic mass is 10.2. The number of amides is 1. The number of nitrogens with one attached hydrogen (secondary N) is 1. The molecule has 1 amide bonds. The third-order valence-corrected chi connectivity index (χ3v) is 5.47. The van der Waals surface area contributed by atoms with Crippen LogP contribution in [0.15, 0.2) is 57.9 Å². The third kappa shape index (κ3) is 3.58. The molecule has 148 valence electrons. The van der Waals surface area contributed by atoms with E-state index in [0.29, 0.717) is 11.2 Å². The average Bonchev–Trinajstić information content (AvgIpc) is 3.01. The molecule has 0 atom stereocenters. The number of anilines is 1. The molecule has 0 aliphatic carbocycles. The zero-order chi connectivity index (χ0) is 20.5. The van der Waals surface area contributed by atoms with Crippen molar-refractivity contribution in [2.24, 2.45) is 0 Å². The first-order valence-corrected chi connectivity index (χ1v) is 10.3. The fourth-order valence-electron chi connectivity index (χ4n) is 3.66. The van der Waals surface area contributed by atoms with Crippen LogP contribution in [0.4, 0.5) is 5.69 Å². The van der Waals surface area contributed by atoms with Gasteiger partial charge in [0, 0.05) is 33.0 Å². The third-order valence-electron chi connectivity index (χ3n) is 4.98. The molecule has 0 fully saturated rings. The first kappa shape index (κ1) is 19.4. The monoisotopic (exact) mass is 452 g/mol. The van der Waals surface area contributed by atoms with Crippen LogP contribution in [0.5, 0.6) is 0 Å². The Morgan fingerprint density at radius 3 is 2.72 bits per heavy atom. The lowest BCUT2D eigenvalue weighted by Gasteiger charge is -2.10. The molecule has 7 heteroatoms. The standard InChI is InChI=1S/C22H21BrN4O2/c1-3-10-26-19-7-5-4-6-16(19)17-12-24-27(22(29)21(17)26)13-20(28)25-18-9-8-15(23)11-14(18)2/h4-9,11-12H,3,10,13H2,1-2H3,(H,25,28). The molecule has 2 aromatic carbocycles. The summed E-state index contributed by atoms with van der Waals surface area (Å²) in [5.41, 5.74) is 3.00. The minimum absolute atomic E-state index is 0.141. The van der Waals surface area contributed by atoms with Crippen LogP contribution in [0.25, 0.3) is 21.8 Å². The van der Waals surface area contributed by atoms with Crippen LogP contribution >= 0.6 is 15.9 Å². The summed E-state index contributed by atoms with van der Waals surface area (Å²) in [5.74, 6) is -0.289. The second kappa shape index (κ2) is 7.83. The van der Waals surface area contributed by atoms with Crippen molar-refractivity contribution in [3.8, 4) is 0 Å². The number of carbonyl (C=O) groups is 1. The normalized spacial score (nSPS) is 11.3. The van der Waals surface area contributed by atoms with E-state index in [1.165, 1.54) is 4.68 Å². The number of aromatic nitrogens is 3. The van der Waals surface area contributed by atoms with E-state index < -0.39 is 0 Å². The van der Waals surface area contributed by atoms with Gasteiger partial charge in [0.2, 0.25) is 5.91 Å². The average molecular weight is 453 g/mol. The van der Waals surface area contributed by atoms with Gasteiger partial charge in [-0.2, -0.15) is 5.10 Å². The Hall–Kier alpha value is -2.93. The van der Waals surface area contributed by atoms with Crippen LogP contribution in [0.3, 0.4) is 0 Å². The number of fused-ring (bicyclic) bond motifs is 3. The van der Waals surface area contributed by atoms with Gasteiger partial charge in [0.25, 0.3) is 5.56 Å². The quantitative estimate of drug-likeness (QED) is 0.485. The highest BCUT2D eigenvalue weighted by molar-refractivity contribution is 9.10. The SMILES string of the molecule is CCCn1c2ccccc2c2cnn(CC(=O)Nc3ccc(Br)cc3C)c(=O)c21. The summed E-state index contributed by atoms with van der Waals surface area (Å²) in [6, 6.07) is 13.5. The van der Waals surface area contributed by atoms with Crippen LogP contribution in [0, 0.1) is 6.92 Å². The Morgan fingerprint density at radius 2 is 1.97 bits per heavy atom. The zero-order valence-corrected chi connectivity index (χ0v) is 17.9. The van der Waals surface area contributed by atoms with Crippen LogP contribution in [-0.4, -0.2) is 20.3 Å². The van der Waals surface area contributed by atoms with Gasteiger partial charge in [-0.15, -0.1) is 0 Å². The van der Waals surface area contributed by atoms with Gasteiger partial charge < -0.3 is 9.88 Å². The summed E-state index contributed by atoms with van der Waals surface area (Å²) >= 11 is 3.41. The summed E-state index contributed by atoms with van der Waals surface area (Å²) in [6.07, 6.45) is 2.59. The van der Waals surface area contributed by atoms with E-state index in [0.717, 1.165) is 39.3 Å². The Morgan fingerprint density at radius 1 is 1.17 bits per heavy atom. The van der Waals surface area contributed by atoms with Crippen LogP contribution in [0.2, 0.25) is 0 Å². The van der Waals surface area contributed by atoms with Crippen molar-refractivity contribution in [1.82, 2.24) is 14.3 Å². The smallest absolute Gasteiger partial charge is 0.291 e. The molecule has 29 heavy (non-hydrogen) atoms. The number of halogens is 1. The molecule has 0 radical (unpaired) electrons. The maximum Gasteiger partial charge on any atom is 0.291 e. The molecule has 4 rings (SSSR count). The Balaban J connectivity index is 1.72. The van der Waals surface area contributed by atoms with E-state index in [1.807, 2.05) is 54.0 Å². The lowest BCUT2D eigenvalue weighted by molar-refractivity contribution is -0.117. The molecule has 0 spiro atoms. The highest BCUT2D eigenvalue weighted by Crippen LogP contribution is 2.26. The highest BCUT2D eigenvalue weighted by Gasteiger charge is 2.16. The van der Waals surface area contributed by atoms with Gasteiger partial charge in [-0.3, -0.25) is 9.59 Å². The topological polar surface area (TPSA) is 68.9 Å². The molecule has 0 aliphatic rings. The van der Waals surface area contributed by atoms with Gasteiger partial charge in [-0.1, -0.05) is 41.1 Å². The summed E-state index contributed by atoms with van der Waals surface area (Å²) in [6.45, 7) is 4.58. The highest BCUT2D eigenvalue weighted by atomic mass is 79.9. The number of benzene rings is 2. The van der Waals surface area contributed by atoms with Crippen molar-refractivity contribution in [1.29, 1.82) is 0 Å². The molecule has 0 saturated heterocycles. The van der Waals surface area contributed by atoms with Crippen LogP contribution < -0.4 is 10.9 Å². The molecule has 4 aromatic rings. The van der Waals surface area contributed by atoms with Crippen LogP contribution in [-0.2, 0) is 17.9 Å². The summed E-state index contributed by atoms with van der Waals surface area (Å²) in [5, 5.41) is 8.95. The fourth-order valence-corrected chi connectivity index (χ4v) is 4.13. The van der Waals surface area contributed by atoms with E-state index in [4.69, 9.17) is 0 Å². The van der Waals surface area contributed by atoms with Gasteiger partial charge in [0.15, 0.2) is 0 Å². The predicted molar refractivity (Wildman–Crippen MR) is 119 cm³/mol. The van der Waals surface area contributed by atoms with Crippen molar-refractivity contribution in [3.63, 3.8) is 0 Å². The van der Waals surface area contributed by atoms with E-state index in [2.05, 4.69) is 33.3 Å². The molecule has 1 N–H and O–H groups in total. The molecule has 0 bridgehead atoms. The Kier molecular flexibility index (Phi) is 5.24. The van der Waals surface area contributed by atoms with Gasteiger partial charge in [0.1, 0.15) is 12.1 Å². The van der Waals surface area contributed by atoms with E-state index in [9.17, 15) is 9.59 Å². The first-order valence-electron chi connectivity index (χ1n) is 9.52. The number of para-hydroxylation sites is 1. The minimum Gasteiger partial charge on any atom is -0.336 e. The predicted octanol–water partition coefficient (Wildman–Crippen LogP) is 4.47. The molecule has 2 aromatic heterocycles. The largest absolute Gasteiger partial charge is 0.336 e. The summed E-state index contributed by atoms with van der Waals surface area (Å²) < 4.78 is 4.21. The van der Waals surface area contributed by atoms with Crippen molar-refractivity contribution in [2.75, 3.05) is 5.32 Å². The number of nitrogens with zero attached hydrogens (tertiary/aromatic N) is 3. The van der Waals surface area contributed by atoms with Crippen molar-refractivity contribution >= 4 is 49.3 Å². The van der Waals surface area contributed by atoms with Crippen molar-refractivity contribution in [2.45, 2.75) is 33.4 Å². The number of hydrogen-bond acceptors (Lipinski definition) is 3. The number of carbonyl (C=O) groups excluding carboxylic acids is 1. The second-order valence-electron chi connectivity index (χ2n) is 7.05. The molecule has 2 heterocycles. The minimum atomic E-state index is -0.289. The van der Waals surface area contributed by atoms with Crippen molar-refractivity contribution < 1.29 is 4.79 Å². The second-order valence-corrected chi connectivity index (χ2v) is 7.96. The Labute approximate surface area is 176 Å². The molecular weight excluding hydrogens is 432 g/mol. The maximum atomic E-state index is 13.2. The molecule has 0 saturated carbocycles. The fraction of sp³-hybridized carbons (Fsp3) is 0.227. The molecule has 0 aliphatic heterocycles. The zero-order valence-electron chi connectivity index (χ0n) is 16.3. The summed E-state index contributed by atoms with van der Waals surface area (Å²) in [7, 11) is 0. The van der Waals surface area contributed by atoms with Gasteiger partial charge in [-0.25, -0.2) is 4.68 Å². The number of rotatable bonds is 5.